The smallest absolute Gasteiger partial charge is 0.276 e. The van der Waals surface area contributed by atoms with Crippen molar-refractivity contribution < 1.29 is 13.6 Å². The summed E-state index contributed by atoms with van der Waals surface area (Å²) in [5.41, 5.74) is -0.321. The fourth-order valence-corrected chi connectivity index (χ4v) is 1.86. The van der Waals surface area contributed by atoms with Gasteiger partial charge in [-0.05, 0) is 24.6 Å². The molecule has 1 aromatic carbocycles. The highest BCUT2D eigenvalue weighted by Gasteiger charge is 2.11. The van der Waals surface area contributed by atoms with E-state index in [1.165, 1.54) is 16.8 Å². The fourth-order valence-electron chi connectivity index (χ4n) is 1.86. The van der Waals surface area contributed by atoms with Crippen molar-refractivity contribution in [2.45, 2.75) is 26.3 Å². The first-order chi connectivity index (χ1) is 10.5. The van der Waals surface area contributed by atoms with Crippen molar-refractivity contribution in [3.05, 3.63) is 58.0 Å². The molecule has 0 saturated heterocycles. The number of anilines is 1. The highest BCUT2D eigenvalue weighted by molar-refractivity contribution is 6.02. The van der Waals surface area contributed by atoms with E-state index in [1.807, 2.05) is 6.92 Å². The first-order valence-electron chi connectivity index (χ1n) is 6.85. The van der Waals surface area contributed by atoms with Crippen LogP contribution in [0.5, 0.6) is 0 Å². The minimum Gasteiger partial charge on any atom is -0.320 e. The van der Waals surface area contributed by atoms with Gasteiger partial charge in [0, 0.05) is 24.4 Å². The number of aromatic nitrogens is 2. The zero-order valence-electron chi connectivity index (χ0n) is 12.0. The van der Waals surface area contributed by atoms with Crippen LogP contribution in [0.4, 0.5) is 14.5 Å². The molecular weight excluding hydrogens is 292 g/mol. The highest BCUT2D eigenvalue weighted by Crippen LogP contribution is 2.13. The molecule has 0 spiro atoms. The van der Waals surface area contributed by atoms with Crippen molar-refractivity contribution >= 4 is 11.6 Å². The molecule has 0 radical (unpaired) electrons. The van der Waals surface area contributed by atoms with E-state index in [-0.39, 0.29) is 16.9 Å². The second-order valence-corrected chi connectivity index (χ2v) is 4.75. The Morgan fingerprint density at radius 3 is 2.55 bits per heavy atom. The van der Waals surface area contributed by atoms with E-state index in [4.69, 9.17) is 0 Å². The third-order valence-corrected chi connectivity index (χ3v) is 2.94. The van der Waals surface area contributed by atoms with E-state index in [2.05, 4.69) is 10.4 Å². The van der Waals surface area contributed by atoms with Gasteiger partial charge in [-0.25, -0.2) is 13.5 Å². The minimum atomic E-state index is -0.795. The monoisotopic (exact) mass is 307 g/mol. The minimum absolute atomic E-state index is 0.000345. The first-order valence-corrected chi connectivity index (χ1v) is 6.85. The van der Waals surface area contributed by atoms with Crippen LogP contribution in [0.25, 0.3) is 0 Å². The number of rotatable bonds is 5. The van der Waals surface area contributed by atoms with Crippen molar-refractivity contribution in [1.82, 2.24) is 9.78 Å². The van der Waals surface area contributed by atoms with Gasteiger partial charge in [0.25, 0.3) is 11.5 Å². The molecule has 116 valence electrons. The Bertz CT molecular complexity index is 724. The Morgan fingerprint density at radius 2 is 1.91 bits per heavy atom. The molecule has 0 aliphatic heterocycles. The third-order valence-electron chi connectivity index (χ3n) is 2.94. The number of hydrogen-bond acceptors (Lipinski definition) is 3. The van der Waals surface area contributed by atoms with E-state index >= 15 is 0 Å². The summed E-state index contributed by atoms with van der Waals surface area (Å²) in [7, 11) is 0. The maximum absolute atomic E-state index is 13.1. The molecule has 1 heterocycles. The molecule has 22 heavy (non-hydrogen) atoms. The number of benzene rings is 1. The van der Waals surface area contributed by atoms with Crippen LogP contribution >= 0.6 is 0 Å². The van der Waals surface area contributed by atoms with Crippen LogP contribution in [0.2, 0.25) is 0 Å². The van der Waals surface area contributed by atoms with Gasteiger partial charge in [0.05, 0.1) is 0 Å². The molecule has 0 unspecified atom stereocenters. The van der Waals surface area contributed by atoms with Gasteiger partial charge in [0.15, 0.2) is 0 Å². The van der Waals surface area contributed by atoms with Gasteiger partial charge in [-0.15, -0.1) is 0 Å². The lowest BCUT2D eigenvalue weighted by atomic mass is 10.3. The lowest BCUT2D eigenvalue weighted by Crippen LogP contribution is -2.26. The summed E-state index contributed by atoms with van der Waals surface area (Å²) < 4.78 is 27.4. The summed E-state index contributed by atoms with van der Waals surface area (Å²) in [5, 5.41) is 6.30. The highest BCUT2D eigenvalue weighted by atomic mass is 19.1. The largest absolute Gasteiger partial charge is 0.320 e. The quantitative estimate of drug-likeness (QED) is 0.923. The SMILES string of the molecule is CCCCn1nc(C(=O)Nc2cc(F)cc(F)c2)ccc1=O. The van der Waals surface area contributed by atoms with Crippen molar-refractivity contribution in [3.8, 4) is 0 Å². The number of carbonyl (C=O) groups excluding carboxylic acids is 1. The number of carbonyl (C=O) groups is 1. The van der Waals surface area contributed by atoms with E-state index < -0.39 is 17.5 Å². The number of amides is 1. The molecule has 0 saturated carbocycles. The fraction of sp³-hybridized carbons (Fsp3) is 0.267. The number of aryl methyl sites for hydroxylation is 1. The molecule has 1 amide bonds. The molecule has 1 N–H and O–H groups in total. The van der Waals surface area contributed by atoms with Crippen molar-refractivity contribution in [2.75, 3.05) is 5.32 Å². The number of nitrogens with one attached hydrogen (secondary N) is 1. The summed E-state index contributed by atoms with van der Waals surface area (Å²) in [6.07, 6.45) is 1.64. The lowest BCUT2D eigenvalue weighted by molar-refractivity contribution is 0.101. The molecule has 0 aliphatic carbocycles. The Hall–Kier alpha value is -2.57. The van der Waals surface area contributed by atoms with E-state index in [0.29, 0.717) is 12.6 Å². The van der Waals surface area contributed by atoms with E-state index in [9.17, 15) is 18.4 Å². The first kappa shape index (κ1) is 15.8. The number of hydrogen-bond donors (Lipinski definition) is 1. The predicted octanol–water partition coefficient (Wildman–Crippen LogP) is 2.57. The normalized spacial score (nSPS) is 10.5. The van der Waals surface area contributed by atoms with Crippen molar-refractivity contribution in [2.24, 2.45) is 0 Å². The van der Waals surface area contributed by atoms with Crippen LogP contribution in [0.15, 0.2) is 35.1 Å². The summed E-state index contributed by atoms with van der Waals surface area (Å²) in [6, 6.07) is 5.21. The molecular formula is C15H15F2N3O2. The second-order valence-electron chi connectivity index (χ2n) is 4.75. The molecule has 0 aliphatic rings. The Labute approximate surface area is 125 Å². The van der Waals surface area contributed by atoms with Gasteiger partial charge in [-0.3, -0.25) is 9.59 Å². The summed E-state index contributed by atoms with van der Waals surface area (Å²) >= 11 is 0. The van der Waals surface area contributed by atoms with E-state index in [1.54, 1.807) is 0 Å². The molecule has 5 nitrogen and oxygen atoms in total. The number of halogens is 2. The average Bonchev–Trinajstić information content (AvgIpc) is 2.45. The van der Waals surface area contributed by atoms with Gasteiger partial charge >= 0.3 is 0 Å². The molecule has 7 heteroatoms. The third kappa shape index (κ3) is 3.97. The predicted molar refractivity (Wildman–Crippen MR) is 77.7 cm³/mol. The van der Waals surface area contributed by atoms with Crippen molar-refractivity contribution in [3.63, 3.8) is 0 Å². The molecule has 0 bridgehead atoms. The van der Waals surface area contributed by atoms with Gasteiger partial charge < -0.3 is 5.32 Å². The summed E-state index contributed by atoms with van der Waals surface area (Å²) in [6.45, 7) is 2.38. The second kappa shape index (κ2) is 6.93. The molecule has 0 fully saturated rings. The molecule has 2 rings (SSSR count). The van der Waals surface area contributed by atoms with Crippen LogP contribution in [0, 0.1) is 11.6 Å². The standard InChI is InChI=1S/C15H15F2N3O2/c1-2-3-6-20-14(21)5-4-13(19-20)15(22)18-12-8-10(16)7-11(17)9-12/h4-5,7-9H,2-3,6H2,1H3,(H,18,22). The Kier molecular flexibility index (Phi) is 4.98. The average molecular weight is 307 g/mol. The van der Waals surface area contributed by atoms with E-state index in [0.717, 1.165) is 25.0 Å². The van der Waals surface area contributed by atoms with Crippen LogP contribution < -0.4 is 10.9 Å². The topological polar surface area (TPSA) is 64.0 Å². The zero-order valence-corrected chi connectivity index (χ0v) is 12.0. The molecule has 2 aromatic rings. The van der Waals surface area contributed by atoms with Gasteiger partial charge in [0.2, 0.25) is 0 Å². The van der Waals surface area contributed by atoms with Crippen LogP contribution in [-0.2, 0) is 6.54 Å². The number of nitrogens with zero attached hydrogens (tertiary/aromatic N) is 2. The Balaban J connectivity index is 2.20. The zero-order chi connectivity index (χ0) is 16.1. The van der Waals surface area contributed by atoms with Gasteiger partial charge in [-0.2, -0.15) is 5.10 Å². The van der Waals surface area contributed by atoms with Gasteiger partial charge in [-0.1, -0.05) is 13.3 Å². The summed E-state index contributed by atoms with van der Waals surface area (Å²) in [4.78, 5) is 23.7. The molecule has 0 atom stereocenters. The lowest BCUT2D eigenvalue weighted by Gasteiger charge is -2.07. The summed E-state index contributed by atoms with van der Waals surface area (Å²) in [5.74, 6) is -2.23. The van der Waals surface area contributed by atoms with Crippen molar-refractivity contribution in [1.29, 1.82) is 0 Å². The van der Waals surface area contributed by atoms with Crippen LogP contribution in [0.1, 0.15) is 30.3 Å². The maximum Gasteiger partial charge on any atom is 0.276 e. The number of unbranched alkanes of at least 4 members (excludes halogenated alkanes) is 1. The van der Waals surface area contributed by atoms with Gasteiger partial charge in [0.1, 0.15) is 17.3 Å². The molecule has 1 aromatic heterocycles. The van der Waals surface area contributed by atoms with Crippen LogP contribution in [0.3, 0.4) is 0 Å². The Morgan fingerprint density at radius 1 is 1.23 bits per heavy atom. The maximum atomic E-state index is 13.1. The van der Waals surface area contributed by atoms with Crippen LogP contribution in [-0.4, -0.2) is 15.7 Å².